The van der Waals surface area contributed by atoms with Gasteiger partial charge in [0.2, 0.25) is 0 Å². The van der Waals surface area contributed by atoms with E-state index in [4.69, 9.17) is 4.42 Å². The third-order valence-corrected chi connectivity index (χ3v) is 3.27. The van der Waals surface area contributed by atoms with Gasteiger partial charge in [0.05, 0.1) is 12.8 Å². The van der Waals surface area contributed by atoms with Gasteiger partial charge in [0, 0.05) is 6.04 Å². The number of nitrogens with zero attached hydrogens (tertiary/aromatic N) is 1. The first-order valence-electron chi connectivity index (χ1n) is 6.48. The summed E-state index contributed by atoms with van der Waals surface area (Å²) in [5.74, 6) is 0.529. The molecule has 1 saturated carbocycles. The Bertz CT molecular complexity index is 425. The van der Waals surface area contributed by atoms with E-state index < -0.39 is 18.9 Å². The van der Waals surface area contributed by atoms with Gasteiger partial charge in [0.1, 0.15) is 5.76 Å². The van der Waals surface area contributed by atoms with Crippen LogP contribution in [0.25, 0.3) is 0 Å². The van der Waals surface area contributed by atoms with Gasteiger partial charge >= 0.3 is 12.3 Å². The molecule has 1 fully saturated rings. The second kappa shape index (κ2) is 6.19. The third-order valence-electron chi connectivity index (χ3n) is 3.27. The molecule has 0 radical (unpaired) electrons. The molecule has 1 aromatic rings. The Morgan fingerprint density at radius 1 is 1.40 bits per heavy atom. The molecule has 0 saturated heterocycles. The topological polar surface area (TPSA) is 42.7 Å². The van der Waals surface area contributed by atoms with Crippen LogP contribution in [0.1, 0.15) is 31.4 Å². The van der Waals surface area contributed by atoms with Gasteiger partial charge in [-0.3, -0.25) is 4.90 Å². The summed E-state index contributed by atoms with van der Waals surface area (Å²) in [6, 6.07) is 3.27. The summed E-state index contributed by atoms with van der Waals surface area (Å²) < 4.78 is 45.9. The number of amides is 1. The number of alkyl halides is 3. The SMILES string of the molecule is O=C(OCC(F)(F)F)N(Cc1ccco1)C1CCCC1. The minimum absolute atomic E-state index is 0.0826. The van der Waals surface area contributed by atoms with Crippen LogP contribution in [0.4, 0.5) is 18.0 Å². The van der Waals surface area contributed by atoms with Crippen molar-refractivity contribution in [2.75, 3.05) is 6.61 Å². The van der Waals surface area contributed by atoms with Gasteiger partial charge in [-0.1, -0.05) is 12.8 Å². The molecule has 1 aliphatic rings. The van der Waals surface area contributed by atoms with Crippen molar-refractivity contribution in [3.8, 4) is 0 Å². The molecule has 112 valence electrons. The van der Waals surface area contributed by atoms with Crippen molar-refractivity contribution in [1.29, 1.82) is 0 Å². The summed E-state index contributed by atoms with van der Waals surface area (Å²) >= 11 is 0. The van der Waals surface area contributed by atoms with E-state index in [0.717, 1.165) is 25.7 Å². The van der Waals surface area contributed by atoms with Gasteiger partial charge in [0.15, 0.2) is 6.61 Å². The van der Waals surface area contributed by atoms with Crippen molar-refractivity contribution < 1.29 is 27.1 Å². The van der Waals surface area contributed by atoms with Crippen LogP contribution in [0.2, 0.25) is 0 Å². The molecule has 0 unspecified atom stereocenters. The minimum Gasteiger partial charge on any atom is -0.467 e. The molecule has 1 amide bonds. The smallest absolute Gasteiger partial charge is 0.422 e. The van der Waals surface area contributed by atoms with Crippen LogP contribution in [0.3, 0.4) is 0 Å². The van der Waals surface area contributed by atoms with Crippen molar-refractivity contribution in [3.05, 3.63) is 24.2 Å². The van der Waals surface area contributed by atoms with Gasteiger partial charge in [-0.05, 0) is 25.0 Å². The van der Waals surface area contributed by atoms with Crippen molar-refractivity contribution in [2.24, 2.45) is 0 Å². The first-order chi connectivity index (χ1) is 9.46. The van der Waals surface area contributed by atoms with Gasteiger partial charge in [-0.25, -0.2) is 4.79 Å². The van der Waals surface area contributed by atoms with Crippen LogP contribution in [0.5, 0.6) is 0 Å². The maximum absolute atomic E-state index is 12.1. The van der Waals surface area contributed by atoms with E-state index in [1.807, 2.05) is 0 Å². The monoisotopic (exact) mass is 291 g/mol. The highest BCUT2D eigenvalue weighted by Gasteiger charge is 2.33. The summed E-state index contributed by atoms with van der Waals surface area (Å²) in [6.07, 6.45) is -0.502. The minimum atomic E-state index is -4.51. The molecule has 4 nitrogen and oxygen atoms in total. The average molecular weight is 291 g/mol. The fourth-order valence-corrected chi connectivity index (χ4v) is 2.36. The number of hydrogen-bond donors (Lipinski definition) is 0. The first kappa shape index (κ1) is 14.7. The van der Waals surface area contributed by atoms with E-state index in [-0.39, 0.29) is 12.6 Å². The quantitative estimate of drug-likeness (QED) is 0.849. The molecule has 0 spiro atoms. The second-order valence-corrected chi connectivity index (χ2v) is 4.82. The normalized spacial score (nSPS) is 16.4. The molecule has 1 aromatic heterocycles. The molecule has 7 heteroatoms. The van der Waals surface area contributed by atoms with Gasteiger partial charge in [-0.15, -0.1) is 0 Å². The average Bonchev–Trinajstić information content (AvgIpc) is 3.04. The van der Waals surface area contributed by atoms with Crippen molar-refractivity contribution >= 4 is 6.09 Å². The maximum atomic E-state index is 12.1. The zero-order chi connectivity index (χ0) is 14.6. The van der Waals surface area contributed by atoms with Crippen LogP contribution in [0.15, 0.2) is 22.8 Å². The summed E-state index contributed by atoms with van der Waals surface area (Å²) in [5.41, 5.74) is 0. The number of furan rings is 1. The summed E-state index contributed by atoms with van der Waals surface area (Å²) in [7, 11) is 0. The lowest BCUT2D eigenvalue weighted by Crippen LogP contribution is -2.40. The number of ether oxygens (including phenoxy) is 1. The van der Waals surface area contributed by atoms with Crippen molar-refractivity contribution in [1.82, 2.24) is 4.90 Å². The molecule has 2 rings (SSSR count). The Balaban J connectivity index is 1.99. The molecular formula is C13H16F3NO3. The van der Waals surface area contributed by atoms with E-state index in [1.54, 1.807) is 12.1 Å². The van der Waals surface area contributed by atoms with Crippen molar-refractivity contribution in [2.45, 2.75) is 44.4 Å². The zero-order valence-electron chi connectivity index (χ0n) is 10.9. The number of halogens is 3. The summed E-state index contributed by atoms with van der Waals surface area (Å²) in [5, 5.41) is 0. The number of hydrogen-bond acceptors (Lipinski definition) is 3. The molecule has 0 aromatic carbocycles. The van der Waals surface area contributed by atoms with Gasteiger partial charge < -0.3 is 9.15 Å². The number of rotatable bonds is 4. The Morgan fingerprint density at radius 2 is 2.10 bits per heavy atom. The van der Waals surface area contributed by atoms with E-state index in [9.17, 15) is 18.0 Å². The highest BCUT2D eigenvalue weighted by molar-refractivity contribution is 5.68. The zero-order valence-corrected chi connectivity index (χ0v) is 10.9. The van der Waals surface area contributed by atoms with E-state index >= 15 is 0 Å². The van der Waals surface area contributed by atoms with Crippen LogP contribution >= 0.6 is 0 Å². The van der Waals surface area contributed by atoms with Crippen LogP contribution in [0, 0.1) is 0 Å². The van der Waals surface area contributed by atoms with Gasteiger partial charge in [-0.2, -0.15) is 13.2 Å². The number of carbonyl (C=O) groups excluding carboxylic acids is 1. The molecule has 20 heavy (non-hydrogen) atoms. The number of carbonyl (C=O) groups is 1. The lowest BCUT2D eigenvalue weighted by molar-refractivity contribution is -0.163. The molecule has 1 heterocycles. The Morgan fingerprint density at radius 3 is 2.65 bits per heavy atom. The van der Waals surface area contributed by atoms with Crippen LogP contribution in [-0.2, 0) is 11.3 Å². The summed E-state index contributed by atoms with van der Waals surface area (Å²) in [6.45, 7) is -1.43. The maximum Gasteiger partial charge on any atom is 0.422 e. The lowest BCUT2D eigenvalue weighted by Gasteiger charge is -2.27. The largest absolute Gasteiger partial charge is 0.467 e. The van der Waals surface area contributed by atoms with Gasteiger partial charge in [0.25, 0.3) is 0 Å². The van der Waals surface area contributed by atoms with Crippen molar-refractivity contribution in [3.63, 3.8) is 0 Å². The molecule has 1 aliphatic carbocycles. The predicted octanol–water partition coefficient (Wildman–Crippen LogP) is 3.72. The molecule has 0 bridgehead atoms. The molecule has 0 aliphatic heterocycles. The van der Waals surface area contributed by atoms with E-state index in [0.29, 0.717) is 5.76 Å². The molecule has 0 atom stereocenters. The van der Waals surface area contributed by atoms with E-state index in [2.05, 4.69) is 4.74 Å². The molecule has 0 N–H and O–H groups in total. The highest BCUT2D eigenvalue weighted by Crippen LogP contribution is 2.26. The summed E-state index contributed by atoms with van der Waals surface area (Å²) in [4.78, 5) is 13.2. The Kier molecular flexibility index (Phi) is 4.57. The second-order valence-electron chi connectivity index (χ2n) is 4.82. The molecular weight excluding hydrogens is 275 g/mol. The third kappa shape index (κ3) is 4.18. The fourth-order valence-electron chi connectivity index (χ4n) is 2.36. The fraction of sp³-hybridized carbons (Fsp3) is 0.615. The van der Waals surface area contributed by atoms with Crippen LogP contribution in [-0.4, -0.2) is 29.8 Å². The standard InChI is InChI=1S/C13H16F3NO3/c14-13(15,16)9-20-12(18)17(10-4-1-2-5-10)8-11-6-3-7-19-11/h3,6-7,10H,1-2,4-5,8-9H2. The Hall–Kier alpha value is -1.66. The highest BCUT2D eigenvalue weighted by atomic mass is 19.4. The predicted molar refractivity (Wildman–Crippen MR) is 63.9 cm³/mol. The lowest BCUT2D eigenvalue weighted by atomic mass is 10.2. The van der Waals surface area contributed by atoms with E-state index in [1.165, 1.54) is 11.2 Å². The first-order valence-corrected chi connectivity index (χ1v) is 6.48. The Labute approximate surface area is 114 Å². The van der Waals surface area contributed by atoms with Crippen LogP contribution < -0.4 is 0 Å².